The highest BCUT2D eigenvalue weighted by Crippen LogP contribution is 2.19. The molecule has 24 heavy (non-hydrogen) atoms. The van der Waals surface area contributed by atoms with Crippen LogP contribution in [0.5, 0.6) is 0 Å². The Labute approximate surface area is 141 Å². The summed E-state index contributed by atoms with van der Waals surface area (Å²) in [6, 6.07) is 13.7. The summed E-state index contributed by atoms with van der Waals surface area (Å²) in [5, 5.41) is 3.04. The van der Waals surface area contributed by atoms with E-state index in [9.17, 15) is 4.79 Å². The van der Waals surface area contributed by atoms with Gasteiger partial charge in [-0.15, -0.1) is 0 Å². The third kappa shape index (κ3) is 3.30. The van der Waals surface area contributed by atoms with Crippen molar-refractivity contribution in [2.75, 3.05) is 6.54 Å². The number of carbonyl (C=O) groups excluding carboxylic acids is 1. The van der Waals surface area contributed by atoms with Crippen LogP contribution in [-0.4, -0.2) is 27.0 Å². The molecule has 0 aliphatic rings. The van der Waals surface area contributed by atoms with Gasteiger partial charge in [-0.3, -0.25) is 4.79 Å². The summed E-state index contributed by atoms with van der Waals surface area (Å²) in [7, 11) is 1.96. The monoisotopic (exact) mass is 322 g/mol. The molecule has 5 nitrogen and oxygen atoms in total. The van der Waals surface area contributed by atoms with Gasteiger partial charge >= 0.3 is 0 Å². The van der Waals surface area contributed by atoms with Gasteiger partial charge in [0, 0.05) is 26.2 Å². The second-order valence-corrected chi connectivity index (χ2v) is 5.85. The summed E-state index contributed by atoms with van der Waals surface area (Å²) in [5.41, 5.74) is 2.82. The van der Waals surface area contributed by atoms with Crippen molar-refractivity contribution < 1.29 is 4.79 Å². The van der Waals surface area contributed by atoms with Crippen molar-refractivity contribution in [2.45, 2.75) is 25.7 Å². The van der Waals surface area contributed by atoms with E-state index in [-0.39, 0.29) is 11.8 Å². The number of hydrogen-bond acceptors (Lipinski definition) is 3. The van der Waals surface area contributed by atoms with Crippen LogP contribution in [0.2, 0.25) is 0 Å². The summed E-state index contributed by atoms with van der Waals surface area (Å²) in [4.78, 5) is 21.4. The van der Waals surface area contributed by atoms with Crippen molar-refractivity contribution in [3.63, 3.8) is 0 Å². The van der Waals surface area contributed by atoms with E-state index in [1.165, 1.54) is 0 Å². The fourth-order valence-corrected chi connectivity index (χ4v) is 2.97. The normalized spacial score (nSPS) is 12.2. The summed E-state index contributed by atoms with van der Waals surface area (Å²) in [6.07, 6.45) is 3.23. The molecule has 1 atom stereocenters. The molecule has 0 spiro atoms. The number of benzene rings is 1. The van der Waals surface area contributed by atoms with Crippen molar-refractivity contribution in [2.24, 2.45) is 7.05 Å². The van der Waals surface area contributed by atoms with Crippen LogP contribution in [-0.2, 0) is 18.3 Å². The van der Waals surface area contributed by atoms with Gasteiger partial charge in [0.1, 0.15) is 11.3 Å². The van der Waals surface area contributed by atoms with Crippen LogP contribution in [0.3, 0.4) is 0 Å². The third-order valence-corrected chi connectivity index (χ3v) is 4.29. The predicted molar refractivity (Wildman–Crippen MR) is 94.7 cm³/mol. The Hall–Kier alpha value is -2.69. The Morgan fingerprint density at radius 1 is 1.21 bits per heavy atom. The van der Waals surface area contributed by atoms with Crippen molar-refractivity contribution >= 4 is 17.1 Å². The number of carbonyl (C=O) groups is 1. The minimum Gasteiger partial charge on any atom is -0.355 e. The number of imidazole rings is 1. The minimum atomic E-state index is -0.103. The number of hydrogen-bond donors (Lipinski definition) is 1. The molecular formula is C19H22N4O. The number of fused-ring (bicyclic) bond motifs is 1. The van der Waals surface area contributed by atoms with E-state index in [2.05, 4.69) is 15.3 Å². The molecule has 0 saturated carbocycles. The van der Waals surface area contributed by atoms with E-state index in [1.54, 1.807) is 6.20 Å². The Morgan fingerprint density at radius 3 is 2.71 bits per heavy atom. The molecule has 2 aromatic heterocycles. The van der Waals surface area contributed by atoms with Crippen LogP contribution in [0.1, 0.15) is 30.7 Å². The van der Waals surface area contributed by atoms with Crippen molar-refractivity contribution in [1.29, 1.82) is 0 Å². The molecule has 1 N–H and O–H groups in total. The Kier molecular flexibility index (Phi) is 4.89. The average molecular weight is 322 g/mol. The Morgan fingerprint density at radius 2 is 2.00 bits per heavy atom. The number of aromatic nitrogens is 3. The highest BCUT2D eigenvalue weighted by Gasteiger charge is 2.18. The fourth-order valence-electron chi connectivity index (χ4n) is 2.97. The number of pyridine rings is 1. The first-order valence-electron chi connectivity index (χ1n) is 8.29. The second-order valence-electron chi connectivity index (χ2n) is 5.85. The lowest BCUT2D eigenvalue weighted by Crippen LogP contribution is -2.31. The topological polar surface area (TPSA) is 59.8 Å². The van der Waals surface area contributed by atoms with Crippen molar-refractivity contribution in [3.05, 3.63) is 60.0 Å². The first-order chi connectivity index (χ1) is 11.7. The van der Waals surface area contributed by atoms with E-state index < -0.39 is 0 Å². The number of nitrogens with one attached hydrogen (secondary N) is 1. The predicted octanol–water partition coefficient (Wildman–Crippen LogP) is 2.82. The number of rotatable bonds is 6. The van der Waals surface area contributed by atoms with Gasteiger partial charge in [-0.1, -0.05) is 37.3 Å². The number of aryl methyl sites for hydroxylation is 1. The zero-order valence-electron chi connectivity index (χ0n) is 14.1. The van der Waals surface area contributed by atoms with Crippen LogP contribution in [0.25, 0.3) is 11.2 Å². The first-order valence-corrected chi connectivity index (χ1v) is 8.29. The largest absolute Gasteiger partial charge is 0.355 e. The lowest BCUT2D eigenvalue weighted by molar-refractivity contribution is -0.122. The lowest BCUT2D eigenvalue weighted by atomic mass is 9.96. The standard InChI is InChI=1S/C19H22N4O/c1-3-15(14-8-5-4-6-9-14)19(24)21-13-11-17-22-16-10-7-12-20-18(16)23(17)2/h4-10,12,15H,3,11,13H2,1-2H3,(H,21,24). The van der Waals surface area contributed by atoms with Gasteiger partial charge in [0.25, 0.3) is 0 Å². The van der Waals surface area contributed by atoms with Gasteiger partial charge in [0.15, 0.2) is 5.65 Å². The molecule has 3 rings (SSSR count). The van der Waals surface area contributed by atoms with Gasteiger partial charge in [0.2, 0.25) is 5.91 Å². The maximum Gasteiger partial charge on any atom is 0.227 e. The van der Waals surface area contributed by atoms with Crippen molar-refractivity contribution in [1.82, 2.24) is 19.9 Å². The zero-order chi connectivity index (χ0) is 16.9. The second kappa shape index (κ2) is 7.25. The maximum absolute atomic E-state index is 12.5. The molecule has 124 valence electrons. The number of nitrogens with zero attached hydrogens (tertiary/aromatic N) is 3. The maximum atomic E-state index is 12.5. The Balaban J connectivity index is 1.62. The van der Waals surface area contributed by atoms with Gasteiger partial charge < -0.3 is 9.88 Å². The van der Waals surface area contributed by atoms with E-state index in [4.69, 9.17) is 0 Å². The SMILES string of the molecule is CCC(C(=O)NCCc1nc2cccnc2n1C)c1ccccc1. The molecule has 0 radical (unpaired) electrons. The van der Waals surface area contributed by atoms with E-state index in [0.29, 0.717) is 13.0 Å². The number of amides is 1. The summed E-state index contributed by atoms with van der Waals surface area (Å²) in [6.45, 7) is 2.60. The summed E-state index contributed by atoms with van der Waals surface area (Å²) >= 11 is 0. The molecule has 0 bridgehead atoms. The molecule has 1 amide bonds. The lowest BCUT2D eigenvalue weighted by Gasteiger charge is -2.15. The fraction of sp³-hybridized carbons (Fsp3) is 0.316. The summed E-state index contributed by atoms with van der Waals surface area (Å²) < 4.78 is 1.98. The van der Waals surface area contributed by atoms with E-state index >= 15 is 0 Å². The van der Waals surface area contributed by atoms with Crippen molar-refractivity contribution in [3.8, 4) is 0 Å². The molecule has 3 aromatic rings. The van der Waals surface area contributed by atoms with Gasteiger partial charge in [-0.25, -0.2) is 9.97 Å². The van der Waals surface area contributed by atoms with E-state index in [0.717, 1.165) is 29.0 Å². The van der Waals surface area contributed by atoms with Crippen LogP contribution < -0.4 is 5.32 Å². The molecule has 0 aliphatic carbocycles. The van der Waals surface area contributed by atoms with Gasteiger partial charge in [-0.2, -0.15) is 0 Å². The molecular weight excluding hydrogens is 300 g/mol. The van der Waals surface area contributed by atoms with Crippen LogP contribution in [0, 0.1) is 0 Å². The van der Waals surface area contributed by atoms with Crippen LogP contribution in [0.4, 0.5) is 0 Å². The molecule has 1 unspecified atom stereocenters. The molecule has 0 aliphatic heterocycles. The van der Waals surface area contributed by atoms with E-state index in [1.807, 2.05) is 61.0 Å². The Bertz CT molecular complexity index is 826. The van der Waals surface area contributed by atoms with Crippen LogP contribution >= 0.6 is 0 Å². The molecule has 0 fully saturated rings. The molecule has 5 heteroatoms. The quantitative estimate of drug-likeness (QED) is 0.759. The zero-order valence-corrected chi connectivity index (χ0v) is 14.1. The third-order valence-electron chi connectivity index (χ3n) is 4.29. The minimum absolute atomic E-state index is 0.0700. The average Bonchev–Trinajstić information content (AvgIpc) is 2.93. The molecule has 2 heterocycles. The van der Waals surface area contributed by atoms with Gasteiger partial charge in [-0.05, 0) is 24.1 Å². The first kappa shape index (κ1) is 16.2. The van der Waals surface area contributed by atoms with Gasteiger partial charge in [0.05, 0.1) is 5.92 Å². The smallest absolute Gasteiger partial charge is 0.227 e. The van der Waals surface area contributed by atoms with Crippen LogP contribution in [0.15, 0.2) is 48.7 Å². The highest BCUT2D eigenvalue weighted by molar-refractivity contribution is 5.83. The molecule has 0 saturated heterocycles. The molecule has 1 aromatic carbocycles. The highest BCUT2D eigenvalue weighted by atomic mass is 16.1. The summed E-state index contributed by atoms with van der Waals surface area (Å²) in [5.74, 6) is 0.894.